The summed E-state index contributed by atoms with van der Waals surface area (Å²) in [5.41, 5.74) is 1.37. The van der Waals surface area contributed by atoms with Crippen molar-refractivity contribution >= 4 is 5.96 Å². The summed E-state index contributed by atoms with van der Waals surface area (Å²) < 4.78 is 16.0. The summed E-state index contributed by atoms with van der Waals surface area (Å²) in [5.74, 6) is 1.44. The van der Waals surface area contributed by atoms with E-state index in [0.717, 1.165) is 37.1 Å². The first-order valence-electron chi connectivity index (χ1n) is 8.97. The van der Waals surface area contributed by atoms with Gasteiger partial charge in [-0.15, -0.1) is 0 Å². The lowest BCUT2D eigenvalue weighted by Gasteiger charge is -2.33. The molecular weight excluding hydrogens is 317 g/mol. The van der Waals surface area contributed by atoms with Gasteiger partial charge in [-0.1, -0.05) is 13.0 Å². The highest BCUT2D eigenvalue weighted by Gasteiger charge is 2.18. The van der Waals surface area contributed by atoms with Crippen molar-refractivity contribution in [3.63, 3.8) is 0 Å². The minimum absolute atomic E-state index is 0.262. The van der Waals surface area contributed by atoms with E-state index >= 15 is 0 Å². The number of rotatable bonds is 4. The summed E-state index contributed by atoms with van der Waals surface area (Å²) in [5, 5.41) is 3.36. The van der Waals surface area contributed by atoms with E-state index in [4.69, 9.17) is 4.99 Å². The van der Waals surface area contributed by atoms with E-state index in [-0.39, 0.29) is 5.82 Å². The molecule has 1 aliphatic rings. The largest absolute Gasteiger partial charge is 0.357 e. The lowest BCUT2D eigenvalue weighted by Crippen LogP contribution is -2.45. The molecule has 0 atom stereocenters. The van der Waals surface area contributed by atoms with E-state index in [9.17, 15) is 4.39 Å². The number of nitrogens with one attached hydrogen (secondary N) is 1. The second-order valence-corrected chi connectivity index (χ2v) is 6.60. The summed E-state index contributed by atoms with van der Waals surface area (Å²) in [7, 11) is 0. The van der Waals surface area contributed by atoms with Crippen molar-refractivity contribution in [1.82, 2.24) is 19.8 Å². The number of piperidine rings is 1. The predicted molar refractivity (Wildman–Crippen MR) is 98.3 cm³/mol. The van der Waals surface area contributed by atoms with Gasteiger partial charge in [0.25, 0.3) is 0 Å². The molecule has 1 N–H and O–H groups in total. The molecule has 134 valence electrons. The zero-order chi connectivity index (χ0) is 17.6. The smallest absolute Gasteiger partial charge is 0.194 e. The number of benzene rings is 1. The zero-order valence-corrected chi connectivity index (χ0v) is 15.0. The van der Waals surface area contributed by atoms with Crippen LogP contribution in [0, 0.1) is 11.7 Å². The number of imidazole rings is 1. The Labute approximate surface area is 148 Å². The second-order valence-electron chi connectivity index (χ2n) is 6.60. The average Bonchev–Trinajstić information content (AvgIpc) is 3.14. The summed E-state index contributed by atoms with van der Waals surface area (Å²) in [6, 6.07) is 5.25. The van der Waals surface area contributed by atoms with Crippen molar-refractivity contribution in [2.24, 2.45) is 10.9 Å². The van der Waals surface area contributed by atoms with Crippen LogP contribution < -0.4 is 5.32 Å². The van der Waals surface area contributed by atoms with E-state index in [2.05, 4.69) is 29.0 Å². The first-order valence-corrected chi connectivity index (χ1v) is 8.97. The number of hydrogen-bond donors (Lipinski definition) is 1. The van der Waals surface area contributed by atoms with Gasteiger partial charge in [-0.05, 0) is 43.4 Å². The van der Waals surface area contributed by atoms with Crippen LogP contribution in [0.3, 0.4) is 0 Å². The molecular formula is C19H26FN5. The Morgan fingerprint density at radius 1 is 1.36 bits per heavy atom. The molecule has 0 unspecified atom stereocenters. The number of aromatic nitrogens is 2. The average molecular weight is 343 g/mol. The Hall–Kier alpha value is -2.37. The fourth-order valence-corrected chi connectivity index (χ4v) is 3.07. The number of nitrogens with zero attached hydrogens (tertiary/aromatic N) is 4. The predicted octanol–water partition coefficient (Wildman–Crippen LogP) is 3.21. The van der Waals surface area contributed by atoms with Gasteiger partial charge in [0.1, 0.15) is 5.82 Å². The van der Waals surface area contributed by atoms with Crippen molar-refractivity contribution in [2.75, 3.05) is 19.6 Å². The van der Waals surface area contributed by atoms with Gasteiger partial charge < -0.3 is 14.8 Å². The summed E-state index contributed by atoms with van der Waals surface area (Å²) in [4.78, 5) is 11.0. The SMILES string of the molecule is CCNC(=NCc1ccc(-n2ccnc2)c(F)c1)N1CCC(C)CC1. The van der Waals surface area contributed by atoms with Crippen molar-refractivity contribution in [3.8, 4) is 5.69 Å². The molecule has 6 heteroatoms. The van der Waals surface area contributed by atoms with Crippen LogP contribution in [0.2, 0.25) is 0 Å². The lowest BCUT2D eigenvalue weighted by atomic mass is 10.00. The molecule has 2 heterocycles. The van der Waals surface area contributed by atoms with Crippen LogP contribution in [-0.2, 0) is 6.54 Å². The Morgan fingerprint density at radius 3 is 2.80 bits per heavy atom. The molecule has 0 spiro atoms. The van der Waals surface area contributed by atoms with Crippen LogP contribution in [-0.4, -0.2) is 40.0 Å². The number of halogens is 1. The molecule has 0 radical (unpaired) electrons. The highest BCUT2D eigenvalue weighted by molar-refractivity contribution is 5.80. The minimum Gasteiger partial charge on any atom is -0.357 e. The van der Waals surface area contributed by atoms with Crippen molar-refractivity contribution < 1.29 is 4.39 Å². The summed E-state index contributed by atoms with van der Waals surface area (Å²) >= 11 is 0. The number of hydrogen-bond acceptors (Lipinski definition) is 2. The van der Waals surface area contributed by atoms with Crippen LogP contribution in [0.25, 0.3) is 5.69 Å². The van der Waals surface area contributed by atoms with Crippen LogP contribution in [0.4, 0.5) is 4.39 Å². The Morgan fingerprint density at radius 2 is 2.16 bits per heavy atom. The quantitative estimate of drug-likeness (QED) is 0.685. The maximum atomic E-state index is 14.4. The van der Waals surface area contributed by atoms with E-state index in [1.54, 1.807) is 35.4 Å². The molecule has 3 rings (SSSR count). The molecule has 0 amide bonds. The summed E-state index contributed by atoms with van der Waals surface area (Å²) in [6.07, 6.45) is 7.35. The van der Waals surface area contributed by atoms with E-state index in [1.807, 2.05) is 6.07 Å². The highest BCUT2D eigenvalue weighted by atomic mass is 19.1. The molecule has 1 aliphatic heterocycles. The first-order chi connectivity index (χ1) is 12.2. The van der Waals surface area contributed by atoms with Gasteiger partial charge in [0.05, 0.1) is 18.6 Å². The third kappa shape index (κ3) is 4.38. The van der Waals surface area contributed by atoms with E-state index in [1.165, 1.54) is 12.8 Å². The number of guanidine groups is 1. The monoisotopic (exact) mass is 343 g/mol. The van der Waals surface area contributed by atoms with Crippen LogP contribution >= 0.6 is 0 Å². The van der Waals surface area contributed by atoms with Crippen LogP contribution in [0.1, 0.15) is 32.3 Å². The maximum absolute atomic E-state index is 14.4. The maximum Gasteiger partial charge on any atom is 0.194 e. The number of likely N-dealkylation sites (tertiary alicyclic amines) is 1. The third-order valence-electron chi connectivity index (χ3n) is 4.62. The standard InChI is InChI=1S/C19H26FN5/c1-3-22-19(24-9-6-15(2)7-10-24)23-13-16-4-5-18(17(20)12-16)25-11-8-21-14-25/h4-5,8,11-12,14-15H,3,6-7,9-10,13H2,1-2H3,(H,22,23). The van der Waals surface area contributed by atoms with Gasteiger partial charge in [0.2, 0.25) is 0 Å². The Bertz CT molecular complexity index is 703. The molecule has 1 saturated heterocycles. The molecule has 1 aromatic carbocycles. The second kappa shape index (κ2) is 8.14. The molecule has 25 heavy (non-hydrogen) atoms. The van der Waals surface area contributed by atoms with Crippen molar-refractivity contribution in [1.29, 1.82) is 0 Å². The topological polar surface area (TPSA) is 45.5 Å². The molecule has 2 aromatic rings. The van der Waals surface area contributed by atoms with Gasteiger partial charge >= 0.3 is 0 Å². The molecule has 0 aliphatic carbocycles. The zero-order valence-electron chi connectivity index (χ0n) is 15.0. The molecule has 1 fully saturated rings. The van der Waals surface area contributed by atoms with Gasteiger partial charge in [0, 0.05) is 32.0 Å². The van der Waals surface area contributed by atoms with Crippen LogP contribution in [0.5, 0.6) is 0 Å². The fraction of sp³-hybridized carbons (Fsp3) is 0.474. The van der Waals surface area contributed by atoms with Gasteiger partial charge in [0.15, 0.2) is 5.96 Å². The highest BCUT2D eigenvalue weighted by Crippen LogP contribution is 2.18. The van der Waals surface area contributed by atoms with E-state index in [0.29, 0.717) is 12.2 Å². The van der Waals surface area contributed by atoms with Gasteiger partial charge in [-0.3, -0.25) is 0 Å². The van der Waals surface area contributed by atoms with Crippen LogP contribution in [0.15, 0.2) is 41.9 Å². The Balaban J connectivity index is 1.71. The van der Waals surface area contributed by atoms with E-state index < -0.39 is 0 Å². The van der Waals surface area contributed by atoms with Gasteiger partial charge in [-0.25, -0.2) is 14.4 Å². The summed E-state index contributed by atoms with van der Waals surface area (Å²) in [6.45, 7) is 7.73. The molecule has 5 nitrogen and oxygen atoms in total. The fourth-order valence-electron chi connectivity index (χ4n) is 3.07. The lowest BCUT2D eigenvalue weighted by molar-refractivity contribution is 0.273. The van der Waals surface area contributed by atoms with Crippen molar-refractivity contribution in [2.45, 2.75) is 33.2 Å². The molecule has 0 bridgehead atoms. The minimum atomic E-state index is -0.262. The normalized spacial score (nSPS) is 16.3. The third-order valence-corrected chi connectivity index (χ3v) is 4.62. The number of aliphatic imine (C=N–C) groups is 1. The molecule has 1 aromatic heterocycles. The Kier molecular flexibility index (Phi) is 5.68. The first kappa shape index (κ1) is 17.5. The molecule has 0 saturated carbocycles. The van der Waals surface area contributed by atoms with Gasteiger partial charge in [-0.2, -0.15) is 0 Å². The van der Waals surface area contributed by atoms with Crippen molar-refractivity contribution in [3.05, 3.63) is 48.3 Å².